The summed E-state index contributed by atoms with van der Waals surface area (Å²) in [6, 6.07) is 0.185. The van der Waals surface area contributed by atoms with E-state index in [0.29, 0.717) is 5.91 Å². The molecule has 2 unspecified atom stereocenters. The summed E-state index contributed by atoms with van der Waals surface area (Å²) in [6.07, 6.45) is 2.24. The van der Waals surface area contributed by atoms with E-state index in [2.05, 4.69) is 23.6 Å². The topological polar surface area (TPSA) is 23.6 Å². The molecule has 86 valence electrons. The van der Waals surface area contributed by atoms with E-state index in [-0.39, 0.29) is 6.04 Å². The quantitative estimate of drug-likeness (QED) is 0.706. The Kier molecular flexibility index (Phi) is 3.57. The van der Waals surface area contributed by atoms with Crippen molar-refractivity contribution in [1.82, 2.24) is 9.80 Å². The fourth-order valence-electron chi connectivity index (χ4n) is 2.41. The number of rotatable bonds is 2. The smallest absolute Gasteiger partial charge is 0.239 e. The van der Waals surface area contributed by atoms with Gasteiger partial charge in [-0.25, -0.2) is 0 Å². The van der Waals surface area contributed by atoms with Crippen LogP contribution in [0.3, 0.4) is 0 Å². The number of carbonyl (C=O) groups excluding carboxylic acids is 1. The van der Waals surface area contributed by atoms with E-state index in [1.165, 1.54) is 12.2 Å². The summed E-state index contributed by atoms with van der Waals surface area (Å²) < 4.78 is 0. The van der Waals surface area contributed by atoms with Crippen molar-refractivity contribution in [2.24, 2.45) is 0 Å². The monoisotopic (exact) mass is 228 g/mol. The number of thioether (sulfide) groups is 1. The Morgan fingerprint density at radius 3 is 2.87 bits per heavy atom. The minimum atomic E-state index is 0.185. The summed E-state index contributed by atoms with van der Waals surface area (Å²) in [4.78, 5) is 16.1. The second kappa shape index (κ2) is 4.74. The number of likely N-dealkylation sites (tertiary alicyclic amines) is 1. The fourth-order valence-corrected chi connectivity index (χ4v) is 3.62. The predicted molar refractivity (Wildman–Crippen MR) is 64.2 cm³/mol. The van der Waals surface area contributed by atoms with Crippen LogP contribution < -0.4 is 0 Å². The third-order valence-electron chi connectivity index (χ3n) is 3.47. The lowest BCUT2D eigenvalue weighted by molar-refractivity contribution is -0.131. The first-order valence-electron chi connectivity index (χ1n) is 5.83. The molecule has 2 fully saturated rings. The van der Waals surface area contributed by atoms with Crippen molar-refractivity contribution in [3.63, 3.8) is 0 Å². The summed E-state index contributed by atoms with van der Waals surface area (Å²) in [5, 5.41) is 0.734. The van der Waals surface area contributed by atoms with E-state index in [1.807, 2.05) is 11.9 Å². The molecule has 1 amide bonds. The Morgan fingerprint density at radius 2 is 2.27 bits per heavy atom. The van der Waals surface area contributed by atoms with Gasteiger partial charge in [0.25, 0.3) is 0 Å². The number of nitrogens with zero attached hydrogens (tertiary/aromatic N) is 2. The zero-order chi connectivity index (χ0) is 10.8. The first kappa shape index (κ1) is 11.3. The maximum Gasteiger partial charge on any atom is 0.239 e. The molecule has 0 spiro atoms. The van der Waals surface area contributed by atoms with Crippen LogP contribution in [0.5, 0.6) is 0 Å². The molecule has 2 saturated heterocycles. The Bertz CT molecular complexity index is 247. The van der Waals surface area contributed by atoms with Gasteiger partial charge < -0.3 is 4.90 Å². The molecular weight excluding hydrogens is 208 g/mol. The lowest BCUT2D eigenvalue weighted by atomic mass is 10.2. The van der Waals surface area contributed by atoms with Gasteiger partial charge in [0.05, 0.1) is 6.04 Å². The molecule has 2 aliphatic rings. The largest absolute Gasteiger partial charge is 0.344 e. The Morgan fingerprint density at radius 1 is 1.47 bits per heavy atom. The maximum absolute atomic E-state index is 11.9. The number of carbonyl (C=O) groups is 1. The van der Waals surface area contributed by atoms with Crippen LogP contribution in [0.2, 0.25) is 0 Å². The van der Waals surface area contributed by atoms with Gasteiger partial charge in [0.2, 0.25) is 5.91 Å². The molecule has 2 aliphatic heterocycles. The molecule has 0 aliphatic carbocycles. The van der Waals surface area contributed by atoms with Crippen molar-refractivity contribution in [3.05, 3.63) is 0 Å². The molecule has 3 nitrogen and oxygen atoms in total. The highest BCUT2D eigenvalue weighted by Gasteiger charge is 2.35. The van der Waals surface area contributed by atoms with Gasteiger partial charge in [-0.1, -0.05) is 6.92 Å². The zero-order valence-electron chi connectivity index (χ0n) is 9.61. The SMILES string of the molecule is CCC1CN(C2CCN(C)C2=O)CCS1. The van der Waals surface area contributed by atoms with Crippen LogP contribution in [0, 0.1) is 0 Å². The van der Waals surface area contributed by atoms with Gasteiger partial charge >= 0.3 is 0 Å². The summed E-state index contributed by atoms with van der Waals surface area (Å²) in [6.45, 7) is 5.37. The summed E-state index contributed by atoms with van der Waals surface area (Å²) in [5.74, 6) is 1.52. The van der Waals surface area contributed by atoms with Crippen LogP contribution in [0.1, 0.15) is 19.8 Å². The molecule has 2 atom stereocenters. The van der Waals surface area contributed by atoms with Crippen molar-refractivity contribution >= 4 is 17.7 Å². The highest BCUT2D eigenvalue weighted by atomic mass is 32.2. The van der Waals surface area contributed by atoms with Gasteiger partial charge in [-0.2, -0.15) is 11.8 Å². The average Bonchev–Trinajstić information content (AvgIpc) is 2.60. The normalized spacial score (nSPS) is 33.7. The Hall–Kier alpha value is -0.220. The first-order valence-corrected chi connectivity index (χ1v) is 6.88. The average molecular weight is 228 g/mol. The lowest BCUT2D eigenvalue weighted by Gasteiger charge is -2.35. The molecule has 0 N–H and O–H groups in total. The third kappa shape index (κ3) is 2.31. The minimum Gasteiger partial charge on any atom is -0.344 e. The van der Waals surface area contributed by atoms with E-state index in [1.54, 1.807) is 0 Å². The van der Waals surface area contributed by atoms with Crippen molar-refractivity contribution in [1.29, 1.82) is 0 Å². The van der Waals surface area contributed by atoms with E-state index in [4.69, 9.17) is 0 Å². The highest BCUT2D eigenvalue weighted by molar-refractivity contribution is 8.00. The van der Waals surface area contributed by atoms with E-state index >= 15 is 0 Å². The van der Waals surface area contributed by atoms with Crippen LogP contribution in [0.25, 0.3) is 0 Å². The Labute approximate surface area is 96.2 Å². The third-order valence-corrected chi connectivity index (χ3v) is 4.84. The van der Waals surface area contributed by atoms with Crippen LogP contribution in [0.15, 0.2) is 0 Å². The summed E-state index contributed by atoms with van der Waals surface area (Å²) in [7, 11) is 1.92. The minimum absolute atomic E-state index is 0.185. The molecule has 15 heavy (non-hydrogen) atoms. The van der Waals surface area contributed by atoms with E-state index < -0.39 is 0 Å². The van der Waals surface area contributed by atoms with Crippen LogP contribution in [0.4, 0.5) is 0 Å². The van der Waals surface area contributed by atoms with Crippen molar-refractivity contribution in [3.8, 4) is 0 Å². The van der Waals surface area contributed by atoms with Gasteiger partial charge in [-0.15, -0.1) is 0 Å². The Balaban J connectivity index is 1.95. The molecule has 4 heteroatoms. The molecule has 0 aromatic carbocycles. The molecule has 2 rings (SSSR count). The van der Waals surface area contributed by atoms with Crippen LogP contribution in [-0.4, -0.2) is 59.4 Å². The number of likely N-dealkylation sites (N-methyl/N-ethyl adjacent to an activating group) is 1. The van der Waals surface area contributed by atoms with Gasteiger partial charge in [0, 0.05) is 37.7 Å². The fraction of sp³-hybridized carbons (Fsp3) is 0.909. The first-order chi connectivity index (χ1) is 7.22. The molecular formula is C11H20N2OS. The lowest BCUT2D eigenvalue weighted by Crippen LogP contribution is -2.47. The molecule has 0 radical (unpaired) electrons. The standard InChI is InChI=1S/C11H20N2OS/c1-3-9-8-13(6-7-15-9)10-4-5-12(2)11(10)14/h9-10H,3-8H2,1-2H3. The summed E-state index contributed by atoms with van der Waals surface area (Å²) in [5.41, 5.74) is 0. The molecule has 0 saturated carbocycles. The molecule has 0 aromatic rings. The molecule has 2 heterocycles. The number of hydrogen-bond donors (Lipinski definition) is 0. The van der Waals surface area contributed by atoms with Crippen molar-refractivity contribution in [2.75, 3.05) is 32.4 Å². The zero-order valence-corrected chi connectivity index (χ0v) is 10.4. The van der Waals surface area contributed by atoms with Crippen molar-refractivity contribution in [2.45, 2.75) is 31.1 Å². The number of hydrogen-bond acceptors (Lipinski definition) is 3. The van der Waals surface area contributed by atoms with Crippen LogP contribution in [-0.2, 0) is 4.79 Å². The summed E-state index contributed by atoms with van der Waals surface area (Å²) >= 11 is 2.06. The van der Waals surface area contributed by atoms with E-state index in [0.717, 1.165) is 31.3 Å². The van der Waals surface area contributed by atoms with Gasteiger partial charge in [0.15, 0.2) is 0 Å². The second-order valence-corrected chi connectivity index (χ2v) is 5.87. The van der Waals surface area contributed by atoms with E-state index in [9.17, 15) is 4.79 Å². The van der Waals surface area contributed by atoms with Crippen LogP contribution >= 0.6 is 11.8 Å². The van der Waals surface area contributed by atoms with Gasteiger partial charge in [-0.05, 0) is 12.8 Å². The highest BCUT2D eigenvalue weighted by Crippen LogP contribution is 2.25. The van der Waals surface area contributed by atoms with Crippen molar-refractivity contribution < 1.29 is 4.79 Å². The number of amides is 1. The second-order valence-electron chi connectivity index (χ2n) is 4.46. The maximum atomic E-state index is 11.9. The van der Waals surface area contributed by atoms with Gasteiger partial charge in [-0.3, -0.25) is 9.69 Å². The van der Waals surface area contributed by atoms with Gasteiger partial charge in [0.1, 0.15) is 0 Å². The molecule has 0 bridgehead atoms. The molecule has 0 aromatic heterocycles. The predicted octanol–water partition coefficient (Wildman–Crippen LogP) is 1.04.